The van der Waals surface area contributed by atoms with Crippen molar-refractivity contribution < 1.29 is 18.6 Å². The van der Waals surface area contributed by atoms with Crippen LogP contribution < -0.4 is 16.0 Å². The van der Waals surface area contributed by atoms with Crippen LogP contribution in [0.1, 0.15) is 18.4 Å². The molecule has 8 heteroatoms. The van der Waals surface area contributed by atoms with Gasteiger partial charge in [0, 0.05) is 54.4 Å². The molecule has 0 unspecified atom stereocenters. The molecule has 0 atom stereocenters. The lowest BCUT2D eigenvalue weighted by Crippen LogP contribution is -2.14. The number of aliphatic hydroxyl groups is 1. The minimum atomic E-state index is -0.844. The number of aliphatic hydroxyl groups excluding tert-OH is 1. The van der Waals surface area contributed by atoms with Gasteiger partial charge < -0.3 is 20.1 Å². The molecule has 0 amide bonds. The second-order valence-corrected chi connectivity index (χ2v) is 7.31. The number of ether oxygens (including phenoxy) is 1. The molecular formula is C22H21ClF2N2O3. The Balaban J connectivity index is 2.09. The lowest BCUT2D eigenvalue weighted by molar-refractivity contribution is 0.284. The summed E-state index contributed by atoms with van der Waals surface area (Å²) in [6.45, 7) is -0.0126. The third-order valence-electron chi connectivity index (χ3n) is 4.62. The average Bonchev–Trinajstić information content (AvgIpc) is 2.68. The topological polar surface area (TPSA) is 77.5 Å². The number of benzene rings is 2. The fraction of sp³-hybridized carbons (Fsp3) is 0.227. The maximum atomic E-state index is 14.6. The van der Waals surface area contributed by atoms with E-state index < -0.39 is 11.6 Å². The van der Waals surface area contributed by atoms with E-state index in [2.05, 4.69) is 0 Å². The molecule has 0 bridgehead atoms. The molecule has 0 aliphatic carbocycles. The van der Waals surface area contributed by atoms with Crippen LogP contribution in [0.5, 0.6) is 11.5 Å². The van der Waals surface area contributed by atoms with Crippen LogP contribution in [0.15, 0.2) is 47.4 Å². The van der Waals surface area contributed by atoms with Gasteiger partial charge in [-0.15, -0.1) is 0 Å². The summed E-state index contributed by atoms with van der Waals surface area (Å²) in [6, 6.07) is 7.98. The summed E-state index contributed by atoms with van der Waals surface area (Å²) in [6.07, 6.45) is 2.90. The lowest BCUT2D eigenvalue weighted by Gasteiger charge is -2.17. The molecule has 3 aromatic rings. The summed E-state index contributed by atoms with van der Waals surface area (Å²) in [4.78, 5) is 11.8. The van der Waals surface area contributed by atoms with Gasteiger partial charge in [0.05, 0.1) is 5.02 Å². The standard InChI is InChI=1S/C22H21ClF2N2O3/c1-27-12-17(18(23)11-21(27)29)16-10-15(26)5-6-20(16)30-22-13(4-2-3-7-28)8-14(24)9-19(22)25/h5-6,8-12,28H,2-4,7,26H2,1H3. The number of hydrogen-bond donors (Lipinski definition) is 2. The fourth-order valence-corrected chi connectivity index (χ4v) is 3.35. The Morgan fingerprint density at radius 3 is 2.63 bits per heavy atom. The van der Waals surface area contributed by atoms with Crippen molar-refractivity contribution in [2.75, 3.05) is 12.3 Å². The largest absolute Gasteiger partial charge is 0.453 e. The first-order valence-electron chi connectivity index (χ1n) is 9.33. The molecule has 5 nitrogen and oxygen atoms in total. The van der Waals surface area contributed by atoms with Crippen LogP contribution in [0, 0.1) is 11.6 Å². The molecule has 1 aromatic heterocycles. The van der Waals surface area contributed by atoms with Gasteiger partial charge in [-0.2, -0.15) is 0 Å². The van der Waals surface area contributed by atoms with Crippen LogP contribution in [-0.4, -0.2) is 16.3 Å². The Hall–Kier alpha value is -2.90. The van der Waals surface area contributed by atoms with Gasteiger partial charge in [0.25, 0.3) is 5.56 Å². The van der Waals surface area contributed by atoms with Crippen LogP contribution in [0.3, 0.4) is 0 Å². The number of nitrogen functional groups attached to an aromatic ring is 1. The summed E-state index contributed by atoms with van der Waals surface area (Å²) < 4.78 is 35.6. The van der Waals surface area contributed by atoms with E-state index in [0.29, 0.717) is 41.6 Å². The first kappa shape index (κ1) is 21.8. The van der Waals surface area contributed by atoms with Gasteiger partial charge in [-0.05, 0) is 43.5 Å². The predicted octanol–water partition coefficient (Wildman–Crippen LogP) is 4.67. The van der Waals surface area contributed by atoms with Gasteiger partial charge in [-0.25, -0.2) is 8.78 Å². The van der Waals surface area contributed by atoms with Crippen molar-refractivity contribution in [2.24, 2.45) is 7.05 Å². The highest BCUT2D eigenvalue weighted by atomic mass is 35.5. The van der Waals surface area contributed by atoms with Crippen molar-refractivity contribution in [2.45, 2.75) is 19.3 Å². The van der Waals surface area contributed by atoms with Crippen molar-refractivity contribution in [3.05, 3.63) is 75.2 Å². The molecule has 30 heavy (non-hydrogen) atoms. The van der Waals surface area contributed by atoms with Crippen molar-refractivity contribution in [1.29, 1.82) is 0 Å². The predicted molar refractivity (Wildman–Crippen MR) is 113 cm³/mol. The van der Waals surface area contributed by atoms with Crippen LogP contribution in [0.2, 0.25) is 5.02 Å². The van der Waals surface area contributed by atoms with E-state index in [1.165, 1.54) is 22.9 Å². The van der Waals surface area contributed by atoms with Gasteiger partial charge >= 0.3 is 0 Å². The maximum Gasteiger partial charge on any atom is 0.251 e. The third kappa shape index (κ3) is 4.80. The van der Waals surface area contributed by atoms with Crippen LogP contribution in [0.4, 0.5) is 14.5 Å². The number of halogens is 3. The van der Waals surface area contributed by atoms with Crippen molar-refractivity contribution in [3.8, 4) is 22.6 Å². The molecule has 0 aliphatic heterocycles. The Bertz CT molecular complexity index is 1130. The first-order chi connectivity index (χ1) is 14.3. The molecule has 1 heterocycles. The molecule has 3 N–H and O–H groups in total. The van der Waals surface area contributed by atoms with Crippen molar-refractivity contribution in [1.82, 2.24) is 4.57 Å². The minimum absolute atomic E-state index is 0.0126. The lowest BCUT2D eigenvalue weighted by atomic mass is 10.0. The van der Waals surface area contributed by atoms with E-state index in [1.807, 2.05) is 0 Å². The normalized spacial score (nSPS) is 11.0. The Morgan fingerprint density at radius 2 is 1.90 bits per heavy atom. The molecule has 2 aromatic carbocycles. The van der Waals surface area contributed by atoms with Crippen molar-refractivity contribution >= 4 is 17.3 Å². The van der Waals surface area contributed by atoms with E-state index in [-0.39, 0.29) is 28.7 Å². The highest BCUT2D eigenvalue weighted by Gasteiger charge is 2.18. The number of nitrogens with two attached hydrogens (primary N) is 1. The molecule has 0 spiro atoms. The van der Waals surface area contributed by atoms with Gasteiger partial charge in [-0.1, -0.05) is 11.6 Å². The van der Waals surface area contributed by atoms with Gasteiger partial charge in [0.15, 0.2) is 11.6 Å². The first-order valence-corrected chi connectivity index (χ1v) is 9.70. The Kier molecular flexibility index (Phi) is 6.74. The van der Waals surface area contributed by atoms with E-state index in [1.54, 1.807) is 25.2 Å². The third-order valence-corrected chi connectivity index (χ3v) is 4.94. The SMILES string of the molecule is Cn1cc(-c2cc(N)ccc2Oc2c(F)cc(F)cc2CCCCO)c(Cl)cc1=O. The molecular weight excluding hydrogens is 414 g/mol. The van der Waals surface area contributed by atoms with E-state index in [4.69, 9.17) is 27.2 Å². The number of aryl methyl sites for hydroxylation is 2. The maximum absolute atomic E-state index is 14.6. The number of hydrogen-bond acceptors (Lipinski definition) is 4. The van der Waals surface area contributed by atoms with Gasteiger partial charge in [0.1, 0.15) is 11.6 Å². The monoisotopic (exact) mass is 434 g/mol. The van der Waals surface area contributed by atoms with E-state index in [9.17, 15) is 13.6 Å². The highest BCUT2D eigenvalue weighted by Crippen LogP contribution is 2.39. The number of pyridine rings is 1. The molecule has 3 rings (SSSR count). The number of anilines is 1. The average molecular weight is 435 g/mol. The zero-order chi connectivity index (χ0) is 21.8. The number of unbranched alkanes of at least 4 members (excludes halogenated alkanes) is 1. The van der Waals surface area contributed by atoms with Crippen molar-refractivity contribution in [3.63, 3.8) is 0 Å². The molecule has 0 saturated heterocycles. The second-order valence-electron chi connectivity index (χ2n) is 6.90. The summed E-state index contributed by atoms with van der Waals surface area (Å²) in [5.41, 5.74) is 7.34. The Morgan fingerprint density at radius 1 is 1.13 bits per heavy atom. The van der Waals surface area contributed by atoms with Gasteiger partial charge in [0.2, 0.25) is 0 Å². The fourth-order valence-electron chi connectivity index (χ4n) is 3.10. The summed E-state index contributed by atoms with van der Waals surface area (Å²) in [7, 11) is 1.58. The molecule has 158 valence electrons. The highest BCUT2D eigenvalue weighted by molar-refractivity contribution is 6.33. The summed E-state index contributed by atoms with van der Waals surface area (Å²) >= 11 is 6.27. The molecule has 0 aliphatic rings. The van der Waals surface area contributed by atoms with Crippen LogP contribution in [-0.2, 0) is 13.5 Å². The smallest absolute Gasteiger partial charge is 0.251 e. The summed E-state index contributed by atoms with van der Waals surface area (Å²) in [5.74, 6) is -1.42. The molecule has 0 fully saturated rings. The van der Waals surface area contributed by atoms with E-state index in [0.717, 1.165) is 6.07 Å². The van der Waals surface area contributed by atoms with E-state index >= 15 is 0 Å². The molecule has 0 saturated carbocycles. The Labute approximate surface area is 177 Å². The van der Waals surface area contributed by atoms with Crippen LogP contribution in [0.25, 0.3) is 11.1 Å². The minimum Gasteiger partial charge on any atom is -0.453 e. The number of nitrogens with zero attached hydrogens (tertiary/aromatic N) is 1. The number of aromatic nitrogens is 1. The second kappa shape index (κ2) is 9.28. The number of rotatable bonds is 7. The van der Waals surface area contributed by atoms with Gasteiger partial charge in [-0.3, -0.25) is 4.79 Å². The van der Waals surface area contributed by atoms with Crippen LogP contribution >= 0.6 is 11.6 Å². The zero-order valence-electron chi connectivity index (χ0n) is 16.3. The summed E-state index contributed by atoms with van der Waals surface area (Å²) in [5, 5.41) is 9.18. The quantitative estimate of drug-likeness (QED) is 0.418. The zero-order valence-corrected chi connectivity index (χ0v) is 17.0. The molecule has 0 radical (unpaired) electrons.